The lowest BCUT2D eigenvalue weighted by atomic mass is 10.2. The van der Waals surface area contributed by atoms with Gasteiger partial charge in [0.1, 0.15) is 0 Å². The fourth-order valence-corrected chi connectivity index (χ4v) is 0.931. The van der Waals surface area contributed by atoms with Crippen molar-refractivity contribution in [1.29, 1.82) is 0 Å². The van der Waals surface area contributed by atoms with Gasteiger partial charge in [-0.05, 0) is 24.6 Å². The van der Waals surface area contributed by atoms with Crippen molar-refractivity contribution in [2.75, 3.05) is 12.3 Å². The SMILES string of the molecule is NCCC=Cc1c[nH]c(=O)c(N)c1. The number of hydrogen-bond acceptors (Lipinski definition) is 3. The van der Waals surface area contributed by atoms with Crippen molar-refractivity contribution in [2.24, 2.45) is 5.73 Å². The van der Waals surface area contributed by atoms with E-state index < -0.39 is 0 Å². The van der Waals surface area contributed by atoms with Gasteiger partial charge >= 0.3 is 0 Å². The number of nitrogens with two attached hydrogens (primary N) is 2. The number of pyridine rings is 1. The highest BCUT2D eigenvalue weighted by atomic mass is 16.1. The molecule has 1 aromatic heterocycles. The minimum absolute atomic E-state index is 0.231. The van der Waals surface area contributed by atoms with Crippen LogP contribution in [0.25, 0.3) is 6.08 Å². The molecule has 0 aliphatic carbocycles. The molecule has 1 heterocycles. The quantitative estimate of drug-likeness (QED) is 0.624. The average molecular weight is 179 g/mol. The second-order valence-corrected chi connectivity index (χ2v) is 2.70. The van der Waals surface area contributed by atoms with Crippen LogP contribution >= 0.6 is 0 Å². The van der Waals surface area contributed by atoms with E-state index >= 15 is 0 Å². The fourth-order valence-electron chi connectivity index (χ4n) is 0.931. The zero-order valence-electron chi connectivity index (χ0n) is 7.29. The molecule has 0 saturated carbocycles. The summed E-state index contributed by atoms with van der Waals surface area (Å²) >= 11 is 0. The molecule has 0 saturated heterocycles. The maximum absolute atomic E-state index is 10.9. The number of nitrogens with one attached hydrogen (secondary N) is 1. The van der Waals surface area contributed by atoms with Crippen LogP contribution in [0.3, 0.4) is 0 Å². The van der Waals surface area contributed by atoms with Crippen LogP contribution in [-0.4, -0.2) is 11.5 Å². The molecular weight excluding hydrogens is 166 g/mol. The molecular formula is C9H13N3O. The highest BCUT2D eigenvalue weighted by Gasteiger charge is 1.92. The third kappa shape index (κ3) is 2.76. The van der Waals surface area contributed by atoms with Crippen molar-refractivity contribution >= 4 is 11.8 Å². The minimum atomic E-state index is -0.254. The third-order valence-electron chi connectivity index (χ3n) is 1.60. The van der Waals surface area contributed by atoms with Gasteiger partial charge in [0, 0.05) is 6.20 Å². The Morgan fingerprint density at radius 3 is 2.92 bits per heavy atom. The van der Waals surface area contributed by atoms with Crippen molar-refractivity contribution in [3.63, 3.8) is 0 Å². The molecule has 0 fully saturated rings. The Balaban J connectivity index is 2.79. The third-order valence-corrected chi connectivity index (χ3v) is 1.60. The van der Waals surface area contributed by atoms with E-state index in [1.807, 2.05) is 12.2 Å². The summed E-state index contributed by atoms with van der Waals surface area (Å²) in [5.41, 5.74) is 11.6. The van der Waals surface area contributed by atoms with Crippen LogP contribution in [0.2, 0.25) is 0 Å². The summed E-state index contributed by atoms with van der Waals surface area (Å²) in [4.78, 5) is 13.4. The summed E-state index contributed by atoms with van der Waals surface area (Å²) in [5.74, 6) is 0. The molecule has 4 heteroatoms. The predicted molar refractivity (Wildman–Crippen MR) is 54.2 cm³/mol. The second kappa shape index (κ2) is 4.47. The van der Waals surface area contributed by atoms with Gasteiger partial charge in [0.2, 0.25) is 0 Å². The Labute approximate surface area is 76.3 Å². The number of H-pyrrole nitrogens is 1. The van der Waals surface area contributed by atoms with Gasteiger partial charge in [-0.15, -0.1) is 0 Å². The van der Waals surface area contributed by atoms with Crippen LogP contribution in [-0.2, 0) is 0 Å². The minimum Gasteiger partial charge on any atom is -0.394 e. The largest absolute Gasteiger partial charge is 0.394 e. The van der Waals surface area contributed by atoms with Gasteiger partial charge in [-0.3, -0.25) is 4.79 Å². The van der Waals surface area contributed by atoms with Crippen LogP contribution in [0.5, 0.6) is 0 Å². The van der Waals surface area contributed by atoms with Gasteiger partial charge in [0.25, 0.3) is 5.56 Å². The van der Waals surface area contributed by atoms with Crippen molar-refractivity contribution in [1.82, 2.24) is 4.98 Å². The molecule has 0 aliphatic rings. The Morgan fingerprint density at radius 2 is 2.31 bits per heavy atom. The number of nitrogen functional groups attached to an aromatic ring is 1. The van der Waals surface area contributed by atoms with Crippen molar-refractivity contribution in [3.05, 3.63) is 34.3 Å². The van der Waals surface area contributed by atoms with Crippen LogP contribution in [0, 0.1) is 0 Å². The van der Waals surface area contributed by atoms with Crippen molar-refractivity contribution in [2.45, 2.75) is 6.42 Å². The van der Waals surface area contributed by atoms with Gasteiger partial charge in [0.15, 0.2) is 0 Å². The molecule has 0 aromatic carbocycles. The summed E-state index contributed by atoms with van der Waals surface area (Å²) in [6.45, 7) is 0.620. The number of aromatic amines is 1. The molecule has 1 aromatic rings. The number of aromatic nitrogens is 1. The Morgan fingerprint density at radius 1 is 1.54 bits per heavy atom. The van der Waals surface area contributed by atoms with E-state index in [1.165, 1.54) is 0 Å². The first kappa shape index (κ1) is 9.54. The molecule has 70 valence electrons. The van der Waals surface area contributed by atoms with Crippen LogP contribution in [0.15, 0.2) is 23.1 Å². The Bertz CT molecular complexity index is 354. The first-order valence-corrected chi connectivity index (χ1v) is 4.09. The van der Waals surface area contributed by atoms with E-state index in [1.54, 1.807) is 12.3 Å². The summed E-state index contributed by atoms with van der Waals surface area (Å²) in [6, 6.07) is 1.63. The molecule has 0 spiro atoms. The zero-order chi connectivity index (χ0) is 9.68. The van der Waals surface area contributed by atoms with E-state index in [2.05, 4.69) is 4.98 Å². The molecule has 0 atom stereocenters. The standard InChI is InChI=1S/C9H13N3O/c10-4-2-1-3-7-5-8(11)9(13)12-6-7/h1,3,5-6H,2,4,10-11H2,(H,12,13). The summed E-state index contributed by atoms with van der Waals surface area (Å²) in [7, 11) is 0. The molecule has 0 radical (unpaired) electrons. The number of anilines is 1. The number of rotatable bonds is 3. The molecule has 13 heavy (non-hydrogen) atoms. The van der Waals surface area contributed by atoms with Crippen LogP contribution in [0.1, 0.15) is 12.0 Å². The van der Waals surface area contributed by atoms with Crippen LogP contribution in [0.4, 0.5) is 5.69 Å². The van der Waals surface area contributed by atoms with E-state index in [0.29, 0.717) is 6.54 Å². The van der Waals surface area contributed by atoms with Crippen molar-refractivity contribution in [3.8, 4) is 0 Å². The first-order valence-electron chi connectivity index (χ1n) is 4.09. The molecule has 0 amide bonds. The van der Waals surface area contributed by atoms with Gasteiger partial charge in [-0.1, -0.05) is 12.2 Å². The summed E-state index contributed by atoms with van der Waals surface area (Å²) in [5, 5.41) is 0. The maximum Gasteiger partial charge on any atom is 0.271 e. The van der Waals surface area contributed by atoms with Gasteiger partial charge in [0.05, 0.1) is 5.69 Å². The second-order valence-electron chi connectivity index (χ2n) is 2.70. The molecule has 5 N–H and O–H groups in total. The topological polar surface area (TPSA) is 84.9 Å². The summed E-state index contributed by atoms with van der Waals surface area (Å²) in [6.07, 6.45) is 6.25. The molecule has 1 rings (SSSR count). The van der Waals surface area contributed by atoms with Crippen LogP contribution < -0.4 is 17.0 Å². The fraction of sp³-hybridized carbons (Fsp3) is 0.222. The number of hydrogen-bond donors (Lipinski definition) is 3. The lowest BCUT2D eigenvalue weighted by Gasteiger charge is -1.94. The lowest BCUT2D eigenvalue weighted by molar-refractivity contribution is 1.01. The lowest BCUT2D eigenvalue weighted by Crippen LogP contribution is -2.10. The monoisotopic (exact) mass is 179 g/mol. The molecule has 0 bridgehead atoms. The average Bonchev–Trinajstić information content (AvgIpc) is 2.12. The van der Waals surface area contributed by atoms with Gasteiger partial charge < -0.3 is 16.5 Å². The molecule has 0 unspecified atom stereocenters. The highest BCUT2D eigenvalue weighted by Crippen LogP contribution is 2.02. The highest BCUT2D eigenvalue weighted by molar-refractivity contribution is 5.53. The van der Waals surface area contributed by atoms with E-state index in [-0.39, 0.29) is 11.2 Å². The smallest absolute Gasteiger partial charge is 0.271 e. The predicted octanol–water partition coefficient (Wildman–Crippen LogP) is 0.319. The van der Waals surface area contributed by atoms with Gasteiger partial charge in [-0.2, -0.15) is 0 Å². The van der Waals surface area contributed by atoms with E-state index in [9.17, 15) is 4.79 Å². The molecule has 4 nitrogen and oxygen atoms in total. The van der Waals surface area contributed by atoms with E-state index in [0.717, 1.165) is 12.0 Å². The van der Waals surface area contributed by atoms with E-state index in [4.69, 9.17) is 11.5 Å². The normalized spacial score (nSPS) is 10.8. The first-order chi connectivity index (χ1) is 6.24. The Kier molecular flexibility index (Phi) is 3.28. The Hall–Kier alpha value is -1.55. The zero-order valence-corrected chi connectivity index (χ0v) is 7.29. The van der Waals surface area contributed by atoms with Crippen molar-refractivity contribution < 1.29 is 0 Å². The maximum atomic E-state index is 10.9. The summed E-state index contributed by atoms with van der Waals surface area (Å²) < 4.78 is 0. The molecule has 0 aliphatic heterocycles. The van der Waals surface area contributed by atoms with Gasteiger partial charge in [-0.25, -0.2) is 0 Å².